The van der Waals surface area contributed by atoms with Crippen molar-refractivity contribution < 1.29 is 14.3 Å². The molecule has 2 N–H and O–H groups in total. The summed E-state index contributed by atoms with van der Waals surface area (Å²) in [6.45, 7) is 3.69. The Balaban J connectivity index is 2.69. The van der Waals surface area contributed by atoms with Crippen molar-refractivity contribution in [3.8, 4) is 0 Å². The Morgan fingerprint density at radius 1 is 1.21 bits per heavy atom. The first-order valence-electron chi connectivity index (χ1n) is 5.86. The minimum Gasteiger partial charge on any atom is -0.375 e. The van der Waals surface area contributed by atoms with Crippen LogP contribution in [-0.4, -0.2) is 25.5 Å². The van der Waals surface area contributed by atoms with Gasteiger partial charge in [0, 0.05) is 24.6 Å². The Bertz CT molecular complexity index is 491. The first-order chi connectivity index (χ1) is 9.01. The van der Waals surface area contributed by atoms with Gasteiger partial charge in [-0.3, -0.25) is 9.59 Å². The maximum absolute atomic E-state index is 11.6. The summed E-state index contributed by atoms with van der Waals surface area (Å²) >= 11 is 0. The number of hydrogen-bond acceptors (Lipinski definition) is 3. The summed E-state index contributed by atoms with van der Waals surface area (Å²) in [5, 5.41) is 5.39. The first kappa shape index (κ1) is 14.9. The first-order valence-corrected chi connectivity index (χ1v) is 5.86. The van der Waals surface area contributed by atoms with E-state index in [4.69, 9.17) is 4.74 Å². The van der Waals surface area contributed by atoms with E-state index in [-0.39, 0.29) is 18.4 Å². The monoisotopic (exact) mass is 262 g/mol. The van der Waals surface area contributed by atoms with Crippen molar-refractivity contribution in [2.75, 3.05) is 24.4 Å². The zero-order valence-electron chi connectivity index (χ0n) is 11.3. The van der Waals surface area contributed by atoms with Crippen molar-refractivity contribution in [1.82, 2.24) is 0 Å². The number of benzene rings is 1. The molecule has 0 aliphatic heterocycles. The Hall–Kier alpha value is -2.14. The molecule has 0 unspecified atom stereocenters. The predicted octanol–water partition coefficient (Wildman–Crippen LogP) is 2.18. The molecule has 1 aromatic rings. The van der Waals surface area contributed by atoms with Gasteiger partial charge in [-0.25, -0.2) is 0 Å². The third kappa shape index (κ3) is 5.83. The Morgan fingerprint density at radius 2 is 1.84 bits per heavy atom. The Morgan fingerprint density at radius 3 is 2.42 bits per heavy atom. The molecule has 0 bridgehead atoms. The Labute approximate surface area is 112 Å². The van der Waals surface area contributed by atoms with Gasteiger partial charge in [0.05, 0.1) is 0 Å². The molecule has 19 heavy (non-hydrogen) atoms. The number of ether oxygens (including phenoxy) is 1. The molecule has 0 heterocycles. The van der Waals surface area contributed by atoms with Gasteiger partial charge < -0.3 is 15.4 Å². The molecule has 0 aliphatic rings. The van der Waals surface area contributed by atoms with Gasteiger partial charge in [0.2, 0.25) is 11.8 Å². The molecule has 0 radical (unpaired) electrons. The topological polar surface area (TPSA) is 67.4 Å². The zero-order chi connectivity index (χ0) is 14.3. The van der Waals surface area contributed by atoms with E-state index in [9.17, 15) is 9.59 Å². The molecule has 0 fully saturated rings. The summed E-state index contributed by atoms with van der Waals surface area (Å²) in [5.41, 5.74) is 2.15. The lowest BCUT2D eigenvalue weighted by Crippen LogP contribution is -2.17. The standard InChI is InChI=1S/C14H18N2O3/c1-10(2)7-13(17)15-11-5-4-6-12(8-11)16-14(18)9-19-3/h4-8H,9H2,1-3H3,(H,15,17)(H,16,18). The van der Waals surface area contributed by atoms with Crippen LogP contribution in [0.1, 0.15) is 13.8 Å². The molecule has 5 nitrogen and oxygen atoms in total. The summed E-state index contributed by atoms with van der Waals surface area (Å²) in [6, 6.07) is 6.93. The highest BCUT2D eigenvalue weighted by Crippen LogP contribution is 2.15. The number of hydrogen-bond donors (Lipinski definition) is 2. The van der Waals surface area contributed by atoms with Crippen molar-refractivity contribution in [2.45, 2.75) is 13.8 Å². The minimum atomic E-state index is -0.240. The average molecular weight is 262 g/mol. The highest BCUT2D eigenvalue weighted by molar-refractivity contribution is 6.00. The smallest absolute Gasteiger partial charge is 0.250 e. The zero-order valence-corrected chi connectivity index (χ0v) is 11.3. The van der Waals surface area contributed by atoms with Crippen LogP contribution in [0.15, 0.2) is 35.9 Å². The van der Waals surface area contributed by atoms with E-state index in [1.165, 1.54) is 13.2 Å². The molecule has 0 aliphatic carbocycles. The van der Waals surface area contributed by atoms with Gasteiger partial charge in [-0.2, -0.15) is 0 Å². The normalized spacial score (nSPS) is 9.63. The molecule has 0 saturated carbocycles. The fourth-order valence-electron chi connectivity index (χ4n) is 1.44. The molecule has 102 valence electrons. The van der Waals surface area contributed by atoms with Gasteiger partial charge in [-0.15, -0.1) is 0 Å². The quantitative estimate of drug-likeness (QED) is 0.799. The van der Waals surface area contributed by atoms with E-state index in [2.05, 4.69) is 10.6 Å². The Kier molecular flexibility index (Phi) is 5.75. The van der Waals surface area contributed by atoms with Crippen LogP contribution in [0.3, 0.4) is 0 Å². The van der Waals surface area contributed by atoms with Crippen LogP contribution in [0.5, 0.6) is 0 Å². The third-order valence-electron chi connectivity index (χ3n) is 2.11. The molecule has 5 heteroatoms. The molecular formula is C14H18N2O3. The maximum Gasteiger partial charge on any atom is 0.250 e. The lowest BCUT2D eigenvalue weighted by molar-refractivity contribution is -0.119. The predicted molar refractivity (Wildman–Crippen MR) is 75.0 cm³/mol. The summed E-state index contributed by atoms with van der Waals surface area (Å²) in [6.07, 6.45) is 1.51. The highest BCUT2D eigenvalue weighted by Gasteiger charge is 2.03. The molecule has 0 saturated heterocycles. The van der Waals surface area contributed by atoms with Crippen molar-refractivity contribution in [2.24, 2.45) is 0 Å². The van der Waals surface area contributed by atoms with Crippen LogP contribution in [0.25, 0.3) is 0 Å². The van der Waals surface area contributed by atoms with E-state index >= 15 is 0 Å². The fourth-order valence-corrected chi connectivity index (χ4v) is 1.44. The van der Waals surface area contributed by atoms with Gasteiger partial charge in [0.1, 0.15) is 6.61 Å². The number of rotatable bonds is 5. The van der Waals surface area contributed by atoms with Crippen LogP contribution >= 0.6 is 0 Å². The minimum absolute atomic E-state index is 0.00560. The summed E-state index contributed by atoms with van der Waals surface area (Å²) in [7, 11) is 1.45. The summed E-state index contributed by atoms with van der Waals surface area (Å²) in [4.78, 5) is 22.9. The van der Waals surface area contributed by atoms with Gasteiger partial charge in [0.15, 0.2) is 0 Å². The molecule has 1 aromatic carbocycles. The maximum atomic E-state index is 11.6. The average Bonchev–Trinajstić information content (AvgIpc) is 2.28. The number of carbonyl (C=O) groups is 2. The van der Waals surface area contributed by atoms with Crippen LogP contribution in [-0.2, 0) is 14.3 Å². The van der Waals surface area contributed by atoms with E-state index in [1.807, 2.05) is 13.8 Å². The van der Waals surface area contributed by atoms with Gasteiger partial charge in [-0.1, -0.05) is 11.6 Å². The van der Waals surface area contributed by atoms with Gasteiger partial charge >= 0.3 is 0 Å². The van der Waals surface area contributed by atoms with E-state index in [0.29, 0.717) is 11.4 Å². The molecule has 0 aromatic heterocycles. The fraction of sp³-hybridized carbons (Fsp3) is 0.286. The summed E-state index contributed by atoms with van der Waals surface area (Å²) in [5.74, 6) is -0.435. The van der Waals surface area contributed by atoms with Crippen LogP contribution < -0.4 is 10.6 Å². The largest absolute Gasteiger partial charge is 0.375 e. The lowest BCUT2D eigenvalue weighted by atomic mass is 10.2. The number of allylic oxidation sites excluding steroid dienone is 1. The highest BCUT2D eigenvalue weighted by atomic mass is 16.5. The number of methoxy groups -OCH3 is 1. The van der Waals surface area contributed by atoms with Gasteiger partial charge in [-0.05, 0) is 32.0 Å². The van der Waals surface area contributed by atoms with E-state index in [0.717, 1.165) is 5.57 Å². The van der Waals surface area contributed by atoms with Gasteiger partial charge in [0.25, 0.3) is 0 Å². The van der Waals surface area contributed by atoms with Crippen LogP contribution in [0.4, 0.5) is 11.4 Å². The summed E-state index contributed by atoms with van der Waals surface area (Å²) < 4.78 is 4.72. The number of anilines is 2. The van der Waals surface area contributed by atoms with E-state index < -0.39 is 0 Å². The van der Waals surface area contributed by atoms with Crippen molar-refractivity contribution in [1.29, 1.82) is 0 Å². The molecule has 2 amide bonds. The molecule has 0 spiro atoms. The van der Waals surface area contributed by atoms with Crippen molar-refractivity contribution in [3.63, 3.8) is 0 Å². The van der Waals surface area contributed by atoms with Crippen LogP contribution in [0, 0.1) is 0 Å². The number of carbonyl (C=O) groups excluding carboxylic acids is 2. The molecule has 0 atom stereocenters. The van der Waals surface area contributed by atoms with Crippen molar-refractivity contribution >= 4 is 23.2 Å². The second kappa shape index (κ2) is 7.33. The van der Waals surface area contributed by atoms with Crippen LogP contribution in [0.2, 0.25) is 0 Å². The molecular weight excluding hydrogens is 244 g/mol. The third-order valence-corrected chi connectivity index (χ3v) is 2.11. The van der Waals surface area contributed by atoms with E-state index in [1.54, 1.807) is 24.3 Å². The second-order valence-electron chi connectivity index (χ2n) is 4.27. The molecule has 1 rings (SSSR count). The van der Waals surface area contributed by atoms with Crippen molar-refractivity contribution in [3.05, 3.63) is 35.9 Å². The number of amides is 2. The lowest BCUT2D eigenvalue weighted by Gasteiger charge is -2.07. The SMILES string of the molecule is COCC(=O)Nc1cccc(NC(=O)C=C(C)C)c1. The second-order valence-corrected chi connectivity index (χ2v) is 4.27. The number of nitrogens with one attached hydrogen (secondary N) is 2.